The third-order valence-electron chi connectivity index (χ3n) is 5.21. The number of aryl methyl sites for hydroxylation is 1. The molecular formula is C23H27F3O2. The molecule has 3 rings (SSSR count). The molecule has 1 fully saturated rings. The number of benzene rings is 2. The molecule has 0 N–H and O–H groups in total. The average Bonchev–Trinajstić information content (AvgIpc) is 2.69. The molecule has 2 nitrogen and oxygen atoms in total. The molecule has 0 aromatic heterocycles. The summed E-state index contributed by atoms with van der Waals surface area (Å²) < 4.78 is 55.1. The molecule has 28 heavy (non-hydrogen) atoms. The Morgan fingerprint density at radius 2 is 1.79 bits per heavy atom. The lowest BCUT2D eigenvalue weighted by molar-refractivity contribution is -0.0882. The van der Waals surface area contributed by atoms with Crippen molar-refractivity contribution in [3.05, 3.63) is 58.9 Å². The summed E-state index contributed by atoms with van der Waals surface area (Å²) in [5.74, 6) is -2.57. The molecule has 2 aromatic carbocycles. The maximum Gasteiger partial charge on any atom is 0.167 e. The van der Waals surface area contributed by atoms with Gasteiger partial charge in [-0.05, 0) is 37.8 Å². The fourth-order valence-corrected chi connectivity index (χ4v) is 3.57. The van der Waals surface area contributed by atoms with Crippen molar-refractivity contribution in [1.82, 2.24) is 0 Å². The van der Waals surface area contributed by atoms with Gasteiger partial charge in [0.15, 0.2) is 11.6 Å². The standard InChI is InChI=1S/C23H27F3O2/c1-3-4-5-12-27-16-7-11-21(28-14-16)19-10-9-18(22(25)23(19)26)17-8-6-15(2)13-20(17)24/h6,8-10,13,16,21H,3-5,7,11-12,14H2,1-2H3. The summed E-state index contributed by atoms with van der Waals surface area (Å²) >= 11 is 0. The Bertz CT molecular complexity index is 799. The van der Waals surface area contributed by atoms with Gasteiger partial charge in [-0.15, -0.1) is 0 Å². The first-order valence-electron chi connectivity index (χ1n) is 9.98. The predicted molar refractivity (Wildman–Crippen MR) is 104 cm³/mol. The number of rotatable bonds is 7. The van der Waals surface area contributed by atoms with Gasteiger partial charge in [0.1, 0.15) is 5.82 Å². The maximum atomic E-state index is 14.7. The Morgan fingerprint density at radius 3 is 2.46 bits per heavy atom. The van der Waals surface area contributed by atoms with Gasteiger partial charge in [0.2, 0.25) is 0 Å². The first kappa shape index (κ1) is 20.9. The van der Waals surface area contributed by atoms with E-state index in [4.69, 9.17) is 9.47 Å². The van der Waals surface area contributed by atoms with Crippen LogP contribution in [0.2, 0.25) is 0 Å². The monoisotopic (exact) mass is 392 g/mol. The number of halogens is 3. The molecule has 0 aliphatic carbocycles. The van der Waals surface area contributed by atoms with E-state index < -0.39 is 23.6 Å². The Labute approximate surface area is 164 Å². The smallest absolute Gasteiger partial charge is 0.167 e. The molecule has 1 saturated heterocycles. The second-order valence-corrected chi connectivity index (χ2v) is 7.41. The molecule has 2 aromatic rings. The van der Waals surface area contributed by atoms with Crippen LogP contribution in [0.3, 0.4) is 0 Å². The third kappa shape index (κ3) is 4.76. The average molecular weight is 392 g/mol. The van der Waals surface area contributed by atoms with Gasteiger partial charge in [0.25, 0.3) is 0 Å². The quantitative estimate of drug-likeness (QED) is 0.500. The molecule has 5 heteroatoms. The van der Waals surface area contributed by atoms with Crippen molar-refractivity contribution in [3.8, 4) is 11.1 Å². The van der Waals surface area contributed by atoms with Gasteiger partial charge in [-0.1, -0.05) is 44.0 Å². The topological polar surface area (TPSA) is 18.5 Å². The minimum atomic E-state index is -1.04. The molecule has 0 spiro atoms. The second kappa shape index (κ2) is 9.57. The van der Waals surface area contributed by atoms with Crippen molar-refractivity contribution >= 4 is 0 Å². The van der Waals surface area contributed by atoms with E-state index in [-0.39, 0.29) is 22.8 Å². The highest BCUT2D eigenvalue weighted by atomic mass is 19.2. The highest BCUT2D eigenvalue weighted by Crippen LogP contribution is 2.35. The number of hydrogen-bond acceptors (Lipinski definition) is 2. The van der Waals surface area contributed by atoms with E-state index in [0.29, 0.717) is 19.6 Å². The van der Waals surface area contributed by atoms with E-state index in [0.717, 1.165) is 31.2 Å². The second-order valence-electron chi connectivity index (χ2n) is 7.41. The fraction of sp³-hybridized carbons (Fsp3) is 0.478. The van der Waals surface area contributed by atoms with E-state index >= 15 is 0 Å². The molecule has 152 valence electrons. The number of ether oxygens (including phenoxy) is 2. The molecule has 0 bridgehead atoms. The van der Waals surface area contributed by atoms with E-state index in [1.165, 1.54) is 24.3 Å². The van der Waals surface area contributed by atoms with E-state index in [1.807, 2.05) is 0 Å². The minimum Gasteiger partial charge on any atom is -0.376 e. The van der Waals surface area contributed by atoms with Crippen molar-refractivity contribution in [3.63, 3.8) is 0 Å². The molecule has 1 aliphatic rings. The fourth-order valence-electron chi connectivity index (χ4n) is 3.57. The summed E-state index contributed by atoms with van der Waals surface area (Å²) in [5, 5.41) is 0. The molecule has 0 saturated carbocycles. The lowest BCUT2D eigenvalue weighted by Crippen LogP contribution is -2.28. The normalized spacial score (nSPS) is 19.8. The lowest BCUT2D eigenvalue weighted by atomic mass is 9.95. The highest BCUT2D eigenvalue weighted by molar-refractivity contribution is 5.66. The van der Waals surface area contributed by atoms with Crippen LogP contribution in [0, 0.1) is 24.4 Å². The Kier molecular flexibility index (Phi) is 7.13. The van der Waals surface area contributed by atoms with Crippen LogP contribution in [0.25, 0.3) is 11.1 Å². The first-order valence-corrected chi connectivity index (χ1v) is 9.98. The van der Waals surface area contributed by atoms with E-state index in [9.17, 15) is 13.2 Å². The molecule has 2 atom stereocenters. The Balaban J connectivity index is 1.68. The zero-order valence-corrected chi connectivity index (χ0v) is 16.4. The SMILES string of the molecule is CCCCCOC1CCC(c2ccc(-c3ccc(C)cc3F)c(F)c2F)OC1. The van der Waals surface area contributed by atoms with Crippen molar-refractivity contribution in [1.29, 1.82) is 0 Å². The van der Waals surface area contributed by atoms with Gasteiger partial charge in [-0.3, -0.25) is 0 Å². The van der Waals surface area contributed by atoms with Crippen molar-refractivity contribution in [2.24, 2.45) is 0 Å². The summed E-state index contributed by atoms with van der Waals surface area (Å²) in [5.41, 5.74) is 0.879. The number of hydrogen-bond donors (Lipinski definition) is 0. The van der Waals surface area contributed by atoms with Crippen LogP contribution in [-0.4, -0.2) is 19.3 Å². The molecule has 2 unspecified atom stereocenters. The van der Waals surface area contributed by atoms with Crippen molar-refractivity contribution in [2.45, 2.75) is 58.2 Å². The summed E-state index contributed by atoms with van der Waals surface area (Å²) in [6, 6.07) is 7.39. The van der Waals surface area contributed by atoms with Crippen molar-refractivity contribution in [2.75, 3.05) is 13.2 Å². The van der Waals surface area contributed by atoms with Crippen LogP contribution >= 0.6 is 0 Å². The summed E-state index contributed by atoms with van der Waals surface area (Å²) in [6.45, 7) is 4.95. The van der Waals surface area contributed by atoms with Gasteiger partial charge in [-0.2, -0.15) is 0 Å². The van der Waals surface area contributed by atoms with Gasteiger partial charge in [0.05, 0.1) is 18.8 Å². The maximum absolute atomic E-state index is 14.7. The predicted octanol–water partition coefficient (Wildman–Crippen LogP) is 6.51. The van der Waals surface area contributed by atoms with Crippen LogP contribution in [0.5, 0.6) is 0 Å². The summed E-state index contributed by atoms with van der Waals surface area (Å²) in [4.78, 5) is 0. The van der Waals surface area contributed by atoms with Crippen molar-refractivity contribution < 1.29 is 22.6 Å². The van der Waals surface area contributed by atoms with Gasteiger partial charge in [0, 0.05) is 23.3 Å². The van der Waals surface area contributed by atoms with Crippen LogP contribution in [0.15, 0.2) is 30.3 Å². The third-order valence-corrected chi connectivity index (χ3v) is 5.21. The summed E-state index contributed by atoms with van der Waals surface area (Å²) in [6.07, 6.45) is 4.09. The zero-order chi connectivity index (χ0) is 20.1. The molecule has 1 aliphatic heterocycles. The first-order chi connectivity index (χ1) is 13.5. The highest BCUT2D eigenvalue weighted by Gasteiger charge is 2.28. The van der Waals surface area contributed by atoms with Crippen LogP contribution in [-0.2, 0) is 9.47 Å². The van der Waals surface area contributed by atoms with Gasteiger partial charge >= 0.3 is 0 Å². The molecule has 1 heterocycles. The Morgan fingerprint density at radius 1 is 1.00 bits per heavy atom. The molecular weight excluding hydrogens is 365 g/mol. The summed E-state index contributed by atoms with van der Waals surface area (Å²) in [7, 11) is 0. The van der Waals surface area contributed by atoms with Gasteiger partial charge in [-0.25, -0.2) is 13.2 Å². The largest absolute Gasteiger partial charge is 0.376 e. The van der Waals surface area contributed by atoms with Crippen LogP contribution in [0.4, 0.5) is 13.2 Å². The minimum absolute atomic E-state index is 0.00180. The molecule has 0 amide bonds. The Hall–Kier alpha value is -1.85. The van der Waals surface area contributed by atoms with Crippen LogP contribution in [0.1, 0.15) is 56.3 Å². The van der Waals surface area contributed by atoms with E-state index in [2.05, 4.69) is 6.92 Å². The van der Waals surface area contributed by atoms with E-state index in [1.54, 1.807) is 13.0 Å². The zero-order valence-electron chi connectivity index (χ0n) is 16.4. The lowest BCUT2D eigenvalue weighted by Gasteiger charge is -2.29. The van der Waals surface area contributed by atoms with Gasteiger partial charge < -0.3 is 9.47 Å². The number of unbranched alkanes of at least 4 members (excludes halogenated alkanes) is 2. The van der Waals surface area contributed by atoms with Crippen LogP contribution < -0.4 is 0 Å². The molecule has 0 radical (unpaired) electrons.